The van der Waals surface area contributed by atoms with Gasteiger partial charge in [0.1, 0.15) is 17.7 Å². The zero-order chi connectivity index (χ0) is 27.6. The summed E-state index contributed by atoms with van der Waals surface area (Å²) in [5.41, 5.74) is 6.72. The lowest BCUT2D eigenvalue weighted by Crippen LogP contribution is -2.54. The third kappa shape index (κ3) is 9.57. The summed E-state index contributed by atoms with van der Waals surface area (Å²) in [6.07, 6.45) is -1.44. The molecule has 10 heteroatoms. The third-order valence-corrected chi connectivity index (χ3v) is 5.25. The molecule has 2 unspecified atom stereocenters. The number of aliphatic hydroxyl groups is 1. The van der Waals surface area contributed by atoms with Crippen molar-refractivity contribution in [3.05, 3.63) is 71.3 Å². The molecule has 0 heterocycles. The number of carbonyl (C=O) groups is 4. The molecule has 10 nitrogen and oxygen atoms in total. The maximum absolute atomic E-state index is 13.7. The fraction of sp³-hybridized carbons (Fsp3) is 0.407. The molecule has 0 spiro atoms. The average Bonchev–Trinajstić information content (AvgIpc) is 2.81. The number of carbonyl (C=O) groups excluding carboxylic acids is 4. The second-order valence-corrected chi connectivity index (χ2v) is 9.64. The Morgan fingerprint density at radius 2 is 1.73 bits per heavy atom. The number of primary amides is 1. The molecule has 0 aliphatic carbocycles. The van der Waals surface area contributed by atoms with Crippen molar-refractivity contribution in [2.24, 2.45) is 5.73 Å². The Hall–Kier alpha value is -3.92. The second-order valence-electron chi connectivity index (χ2n) is 9.64. The van der Waals surface area contributed by atoms with Crippen molar-refractivity contribution in [1.82, 2.24) is 15.5 Å². The molecule has 200 valence electrons. The van der Waals surface area contributed by atoms with Crippen LogP contribution >= 0.6 is 0 Å². The molecule has 5 N–H and O–H groups in total. The zero-order valence-electron chi connectivity index (χ0n) is 21.7. The first kappa shape index (κ1) is 29.3. The van der Waals surface area contributed by atoms with Gasteiger partial charge in [0.2, 0.25) is 17.7 Å². The first-order valence-corrected chi connectivity index (χ1v) is 12.0. The predicted molar refractivity (Wildman–Crippen MR) is 138 cm³/mol. The highest BCUT2D eigenvalue weighted by Crippen LogP contribution is 2.24. The number of nitrogens with two attached hydrogens (primary N) is 1. The van der Waals surface area contributed by atoms with E-state index in [-0.39, 0.29) is 13.1 Å². The molecular weight excluding hydrogens is 476 g/mol. The number of hydrogen-bond acceptors (Lipinski definition) is 6. The van der Waals surface area contributed by atoms with Crippen LogP contribution in [0.5, 0.6) is 0 Å². The molecular formula is C27H36N4O6. The second kappa shape index (κ2) is 13.4. The SMILES string of the molecule is Cc1cccc(C(C(=O)NCc2ccccc2)N(CCO)C(=O)C(CC(N)=O)NC(=O)OC(C)(C)C)c1. The Balaban J connectivity index is 2.43. The lowest BCUT2D eigenvalue weighted by atomic mass is 10.00. The van der Waals surface area contributed by atoms with Crippen LogP contribution in [0.4, 0.5) is 4.79 Å². The van der Waals surface area contributed by atoms with Gasteiger partial charge in [0, 0.05) is 13.1 Å². The van der Waals surface area contributed by atoms with Gasteiger partial charge in [-0.15, -0.1) is 0 Å². The van der Waals surface area contributed by atoms with Gasteiger partial charge in [-0.1, -0.05) is 60.2 Å². The summed E-state index contributed by atoms with van der Waals surface area (Å²) in [6, 6.07) is 13.8. The summed E-state index contributed by atoms with van der Waals surface area (Å²) in [5.74, 6) is -2.09. The average molecular weight is 513 g/mol. The van der Waals surface area contributed by atoms with Gasteiger partial charge >= 0.3 is 6.09 Å². The Bertz CT molecular complexity index is 1080. The summed E-state index contributed by atoms with van der Waals surface area (Å²) >= 11 is 0. The van der Waals surface area contributed by atoms with Crippen LogP contribution in [0.3, 0.4) is 0 Å². The van der Waals surface area contributed by atoms with Crippen LogP contribution in [0.15, 0.2) is 54.6 Å². The number of hydrogen-bond donors (Lipinski definition) is 4. The smallest absolute Gasteiger partial charge is 0.408 e. The molecule has 4 amide bonds. The summed E-state index contributed by atoms with van der Waals surface area (Å²) < 4.78 is 5.23. The minimum Gasteiger partial charge on any atom is -0.444 e. The minimum absolute atomic E-state index is 0.212. The van der Waals surface area contributed by atoms with Crippen LogP contribution in [-0.2, 0) is 25.7 Å². The van der Waals surface area contributed by atoms with Crippen molar-refractivity contribution in [3.63, 3.8) is 0 Å². The van der Waals surface area contributed by atoms with E-state index < -0.39 is 54.5 Å². The minimum atomic E-state index is -1.41. The number of amides is 4. The van der Waals surface area contributed by atoms with Gasteiger partial charge in [-0.3, -0.25) is 14.4 Å². The topological polar surface area (TPSA) is 151 Å². The fourth-order valence-electron chi connectivity index (χ4n) is 3.72. The molecule has 0 radical (unpaired) electrons. The van der Waals surface area contributed by atoms with Crippen molar-refractivity contribution in [2.45, 2.75) is 58.3 Å². The molecule has 0 aliphatic rings. The van der Waals surface area contributed by atoms with Crippen LogP contribution in [0.25, 0.3) is 0 Å². The quantitative estimate of drug-likeness (QED) is 0.361. The van der Waals surface area contributed by atoms with E-state index in [0.29, 0.717) is 5.56 Å². The predicted octanol–water partition coefficient (Wildman–Crippen LogP) is 1.94. The Morgan fingerprint density at radius 1 is 1.05 bits per heavy atom. The number of nitrogens with zero attached hydrogens (tertiary/aromatic N) is 1. The van der Waals surface area contributed by atoms with Gasteiger partial charge in [-0.2, -0.15) is 0 Å². The molecule has 0 aliphatic heterocycles. The first-order valence-electron chi connectivity index (χ1n) is 12.0. The van der Waals surface area contributed by atoms with E-state index in [2.05, 4.69) is 10.6 Å². The Kier molecular flexibility index (Phi) is 10.6. The number of alkyl carbamates (subject to hydrolysis) is 1. The van der Waals surface area contributed by atoms with Crippen LogP contribution in [-0.4, -0.2) is 58.6 Å². The summed E-state index contributed by atoms with van der Waals surface area (Å²) in [4.78, 5) is 52.6. The number of aryl methyl sites for hydroxylation is 1. The molecule has 0 saturated carbocycles. The maximum atomic E-state index is 13.7. The van der Waals surface area contributed by atoms with Crippen molar-refractivity contribution < 1.29 is 29.0 Å². The van der Waals surface area contributed by atoms with E-state index in [9.17, 15) is 24.3 Å². The molecule has 2 rings (SSSR count). The van der Waals surface area contributed by atoms with E-state index in [0.717, 1.165) is 16.0 Å². The van der Waals surface area contributed by atoms with Crippen LogP contribution < -0.4 is 16.4 Å². The van der Waals surface area contributed by atoms with Gasteiger partial charge in [0.05, 0.1) is 13.0 Å². The maximum Gasteiger partial charge on any atom is 0.408 e. The number of ether oxygens (including phenoxy) is 1. The lowest BCUT2D eigenvalue weighted by molar-refractivity contribution is -0.144. The van der Waals surface area contributed by atoms with E-state index >= 15 is 0 Å². The van der Waals surface area contributed by atoms with E-state index in [1.807, 2.05) is 43.3 Å². The molecule has 0 aromatic heterocycles. The van der Waals surface area contributed by atoms with Crippen LogP contribution in [0, 0.1) is 6.92 Å². The molecule has 0 fully saturated rings. The summed E-state index contributed by atoms with van der Waals surface area (Å²) in [7, 11) is 0. The number of aliphatic hydroxyl groups excluding tert-OH is 1. The first-order chi connectivity index (χ1) is 17.4. The molecule has 2 atom stereocenters. The Morgan fingerprint density at radius 3 is 2.30 bits per heavy atom. The van der Waals surface area contributed by atoms with Crippen LogP contribution in [0.1, 0.15) is 49.9 Å². The number of benzene rings is 2. The normalized spacial score (nSPS) is 12.7. The molecule has 2 aromatic rings. The van der Waals surface area contributed by atoms with E-state index in [4.69, 9.17) is 10.5 Å². The highest BCUT2D eigenvalue weighted by atomic mass is 16.6. The van der Waals surface area contributed by atoms with Crippen molar-refractivity contribution in [2.75, 3.05) is 13.2 Å². The monoisotopic (exact) mass is 512 g/mol. The van der Waals surface area contributed by atoms with E-state index in [1.54, 1.807) is 39.0 Å². The largest absolute Gasteiger partial charge is 0.444 e. The van der Waals surface area contributed by atoms with E-state index in [1.165, 1.54) is 0 Å². The van der Waals surface area contributed by atoms with Crippen LogP contribution in [0.2, 0.25) is 0 Å². The fourth-order valence-corrected chi connectivity index (χ4v) is 3.72. The lowest BCUT2D eigenvalue weighted by Gasteiger charge is -2.34. The zero-order valence-corrected chi connectivity index (χ0v) is 21.7. The standard InChI is InChI=1S/C27H36N4O6/c1-18-9-8-12-20(15-18)23(24(34)29-17-19-10-6-5-7-11-19)31(13-14-32)25(35)21(16-22(28)33)30-26(36)37-27(2,3)4/h5-12,15,21,23,32H,13-14,16-17H2,1-4H3,(H2,28,33)(H,29,34)(H,30,36). The van der Waals surface area contributed by atoms with Crippen molar-refractivity contribution in [1.29, 1.82) is 0 Å². The number of nitrogens with one attached hydrogen (secondary N) is 2. The van der Waals surface area contributed by atoms with Gasteiger partial charge in [0.25, 0.3) is 0 Å². The summed E-state index contributed by atoms with van der Waals surface area (Å²) in [6.45, 7) is 6.32. The molecule has 2 aromatic carbocycles. The molecule has 37 heavy (non-hydrogen) atoms. The van der Waals surface area contributed by atoms with Crippen molar-refractivity contribution in [3.8, 4) is 0 Å². The van der Waals surface area contributed by atoms with Crippen molar-refractivity contribution >= 4 is 23.8 Å². The highest BCUT2D eigenvalue weighted by molar-refractivity contribution is 5.94. The molecule has 0 saturated heterocycles. The van der Waals surface area contributed by atoms with Gasteiger partial charge in [-0.25, -0.2) is 4.79 Å². The summed E-state index contributed by atoms with van der Waals surface area (Å²) in [5, 5.41) is 15.0. The number of rotatable bonds is 11. The van der Waals surface area contributed by atoms with Gasteiger partial charge in [-0.05, 0) is 38.8 Å². The highest BCUT2D eigenvalue weighted by Gasteiger charge is 2.36. The Labute approximate surface area is 217 Å². The van der Waals surface area contributed by atoms with Gasteiger partial charge < -0.3 is 31.1 Å². The third-order valence-electron chi connectivity index (χ3n) is 5.25. The molecule has 0 bridgehead atoms. The van der Waals surface area contributed by atoms with Gasteiger partial charge in [0.15, 0.2) is 0 Å².